The summed E-state index contributed by atoms with van der Waals surface area (Å²) in [6.07, 6.45) is 3.52. The van der Waals surface area contributed by atoms with E-state index in [4.69, 9.17) is 5.73 Å². The zero-order valence-corrected chi connectivity index (χ0v) is 9.00. The molecule has 1 aromatic rings. The van der Waals surface area contributed by atoms with Crippen molar-refractivity contribution in [1.82, 2.24) is 9.88 Å². The van der Waals surface area contributed by atoms with Crippen LogP contribution in [0.15, 0.2) is 6.20 Å². The SMILES string of the molecule is CN(Cc1cnc(N)s1)C1CC(O)C1. The number of aliphatic hydroxyl groups is 1. The van der Waals surface area contributed by atoms with Crippen LogP contribution in [0.3, 0.4) is 0 Å². The third-order valence-corrected chi connectivity index (χ3v) is 3.50. The van der Waals surface area contributed by atoms with Crippen LogP contribution >= 0.6 is 11.3 Å². The third kappa shape index (κ3) is 2.05. The molecule has 1 aliphatic carbocycles. The summed E-state index contributed by atoms with van der Waals surface area (Å²) in [5, 5.41) is 9.81. The summed E-state index contributed by atoms with van der Waals surface area (Å²) in [5.74, 6) is 0. The molecule has 0 aromatic carbocycles. The molecule has 0 radical (unpaired) electrons. The number of aromatic nitrogens is 1. The molecule has 0 atom stereocenters. The minimum absolute atomic E-state index is 0.0889. The van der Waals surface area contributed by atoms with Crippen LogP contribution in [0.2, 0.25) is 0 Å². The predicted octanol–water partition coefficient (Wildman–Crippen LogP) is 0.680. The molecular formula is C9H15N3OS. The molecule has 3 N–H and O–H groups in total. The first-order valence-corrected chi connectivity index (χ1v) is 5.55. The fourth-order valence-electron chi connectivity index (χ4n) is 1.69. The van der Waals surface area contributed by atoms with Gasteiger partial charge in [0.1, 0.15) is 0 Å². The number of thiazole rings is 1. The first-order chi connectivity index (χ1) is 6.65. The highest BCUT2D eigenvalue weighted by atomic mass is 32.1. The number of nitrogen functional groups attached to an aromatic ring is 1. The fraction of sp³-hybridized carbons (Fsp3) is 0.667. The minimum atomic E-state index is -0.0889. The Bertz CT molecular complexity index is 309. The number of hydrogen-bond acceptors (Lipinski definition) is 5. The Morgan fingerprint density at radius 2 is 2.43 bits per heavy atom. The van der Waals surface area contributed by atoms with Crippen molar-refractivity contribution in [2.45, 2.75) is 31.5 Å². The number of aliphatic hydroxyl groups excluding tert-OH is 1. The van der Waals surface area contributed by atoms with Gasteiger partial charge in [-0.3, -0.25) is 4.90 Å². The second-order valence-corrected chi connectivity index (χ2v) is 5.01. The maximum Gasteiger partial charge on any atom is 0.180 e. The first-order valence-electron chi connectivity index (χ1n) is 4.73. The Labute approximate surface area is 87.4 Å². The summed E-state index contributed by atoms with van der Waals surface area (Å²) in [5.41, 5.74) is 5.55. The second kappa shape index (κ2) is 3.84. The van der Waals surface area contributed by atoms with E-state index in [-0.39, 0.29) is 6.10 Å². The molecule has 4 nitrogen and oxygen atoms in total. The van der Waals surface area contributed by atoms with Crippen LogP contribution in [0, 0.1) is 0 Å². The molecule has 2 rings (SSSR count). The molecule has 0 bridgehead atoms. The molecule has 5 heteroatoms. The Kier molecular flexibility index (Phi) is 2.71. The van der Waals surface area contributed by atoms with Gasteiger partial charge in [-0.1, -0.05) is 0 Å². The Hall–Kier alpha value is -0.650. The zero-order chi connectivity index (χ0) is 10.1. The van der Waals surface area contributed by atoms with E-state index >= 15 is 0 Å². The maximum atomic E-state index is 9.18. The van der Waals surface area contributed by atoms with Crippen LogP contribution in [0.1, 0.15) is 17.7 Å². The summed E-state index contributed by atoms with van der Waals surface area (Å²) in [6, 6.07) is 0.522. The van der Waals surface area contributed by atoms with Crippen molar-refractivity contribution in [1.29, 1.82) is 0 Å². The first kappa shape index (κ1) is 9.89. The van der Waals surface area contributed by atoms with Gasteiger partial charge in [0.15, 0.2) is 5.13 Å². The maximum absolute atomic E-state index is 9.18. The smallest absolute Gasteiger partial charge is 0.180 e. The van der Waals surface area contributed by atoms with Gasteiger partial charge >= 0.3 is 0 Å². The van der Waals surface area contributed by atoms with Crippen molar-refractivity contribution >= 4 is 16.5 Å². The summed E-state index contributed by atoms with van der Waals surface area (Å²) in [4.78, 5) is 7.44. The molecule has 1 fully saturated rings. The molecule has 0 spiro atoms. The van der Waals surface area contributed by atoms with Crippen LogP contribution in [-0.4, -0.2) is 34.2 Å². The van der Waals surface area contributed by atoms with Gasteiger partial charge in [0.2, 0.25) is 0 Å². The highest BCUT2D eigenvalue weighted by molar-refractivity contribution is 7.15. The van der Waals surface area contributed by atoms with Crippen molar-refractivity contribution in [2.75, 3.05) is 12.8 Å². The highest BCUT2D eigenvalue weighted by Gasteiger charge is 2.30. The van der Waals surface area contributed by atoms with Gasteiger partial charge in [-0.15, -0.1) is 11.3 Å². The molecule has 0 saturated heterocycles. The lowest BCUT2D eigenvalue weighted by atomic mass is 9.88. The van der Waals surface area contributed by atoms with Crippen molar-refractivity contribution in [2.24, 2.45) is 0 Å². The molecule has 0 unspecified atom stereocenters. The zero-order valence-electron chi connectivity index (χ0n) is 8.18. The Morgan fingerprint density at radius 3 is 2.93 bits per heavy atom. The van der Waals surface area contributed by atoms with Gasteiger partial charge in [0.25, 0.3) is 0 Å². The average Bonchev–Trinajstić information content (AvgIpc) is 2.45. The largest absolute Gasteiger partial charge is 0.393 e. The van der Waals surface area contributed by atoms with E-state index in [1.807, 2.05) is 6.20 Å². The molecule has 1 saturated carbocycles. The van der Waals surface area contributed by atoms with Crippen molar-refractivity contribution < 1.29 is 5.11 Å². The van der Waals surface area contributed by atoms with Gasteiger partial charge in [0.05, 0.1) is 6.10 Å². The monoisotopic (exact) mass is 213 g/mol. The van der Waals surface area contributed by atoms with Gasteiger partial charge in [-0.05, 0) is 19.9 Å². The molecular weight excluding hydrogens is 198 g/mol. The molecule has 0 amide bonds. The second-order valence-electron chi connectivity index (χ2n) is 3.86. The van der Waals surface area contributed by atoms with E-state index in [0.29, 0.717) is 11.2 Å². The average molecular weight is 213 g/mol. The van der Waals surface area contributed by atoms with Crippen molar-refractivity contribution in [3.63, 3.8) is 0 Å². The van der Waals surface area contributed by atoms with E-state index in [9.17, 15) is 5.11 Å². The van der Waals surface area contributed by atoms with E-state index in [0.717, 1.165) is 19.4 Å². The lowest BCUT2D eigenvalue weighted by Crippen LogP contribution is -2.44. The lowest BCUT2D eigenvalue weighted by molar-refractivity contribution is 0.00960. The highest BCUT2D eigenvalue weighted by Crippen LogP contribution is 2.26. The molecule has 1 heterocycles. The van der Waals surface area contributed by atoms with Gasteiger partial charge in [-0.25, -0.2) is 4.98 Å². The predicted molar refractivity (Wildman–Crippen MR) is 57.0 cm³/mol. The van der Waals surface area contributed by atoms with Crippen LogP contribution in [0.4, 0.5) is 5.13 Å². The van der Waals surface area contributed by atoms with E-state index in [1.165, 1.54) is 16.2 Å². The Morgan fingerprint density at radius 1 is 1.71 bits per heavy atom. The van der Waals surface area contributed by atoms with E-state index in [2.05, 4.69) is 16.9 Å². The fourth-order valence-corrected chi connectivity index (χ4v) is 2.44. The summed E-state index contributed by atoms with van der Waals surface area (Å²) in [7, 11) is 2.08. The summed E-state index contributed by atoms with van der Waals surface area (Å²) < 4.78 is 0. The summed E-state index contributed by atoms with van der Waals surface area (Å²) in [6.45, 7) is 0.881. The topological polar surface area (TPSA) is 62.4 Å². The summed E-state index contributed by atoms with van der Waals surface area (Å²) >= 11 is 1.53. The lowest BCUT2D eigenvalue weighted by Gasteiger charge is -2.38. The van der Waals surface area contributed by atoms with E-state index in [1.54, 1.807) is 0 Å². The number of anilines is 1. The molecule has 14 heavy (non-hydrogen) atoms. The standard InChI is InChI=1S/C9H15N3OS/c1-12(6-2-7(13)3-6)5-8-4-11-9(10)14-8/h4,6-7,13H,2-3,5H2,1H3,(H2,10,11). The molecule has 78 valence electrons. The van der Waals surface area contributed by atoms with Crippen molar-refractivity contribution in [3.05, 3.63) is 11.1 Å². The normalized spacial score (nSPS) is 26.5. The Balaban J connectivity index is 1.85. The molecule has 1 aliphatic rings. The quantitative estimate of drug-likeness (QED) is 0.775. The molecule has 1 aromatic heterocycles. The van der Waals surface area contributed by atoms with E-state index < -0.39 is 0 Å². The number of nitrogens with zero attached hydrogens (tertiary/aromatic N) is 2. The minimum Gasteiger partial charge on any atom is -0.393 e. The number of hydrogen-bond donors (Lipinski definition) is 2. The van der Waals surface area contributed by atoms with Crippen LogP contribution < -0.4 is 5.73 Å². The van der Waals surface area contributed by atoms with Gasteiger partial charge < -0.3 is 10.8 Å². The van der Waals surface area contributed by atoms with Gasteiger partial charge in [0, 0.05) is 23.7 Å². The third-order valence-electron chi connectivity index (χ3n) is 2.69. The number of rotatable bonds is 3. The van der Waals surface area contributed by atoms with Gasteiger partial charge in [-0.2, -0.15) is 0 Å². The van der Waals surface area contributed by atoms with Crippen LogP contribution in [-0.2, 0) is 6.54 Å². The van der Waals surface area contributed by atoms with Crippen molar-refractivity contribution in [3.8, 4) is 0 Å². The van der Waals surface area contributed by atoms with Crippen LogP contribution in [0.5, 0.6) is 0 Å². The number of nitrogens with two attached hydrogens (primary N) is 1. The molecule has 0 aliphatic heterocycles. The van der Waals surface area contributed by atoms with Crippen LogP contribution in [0.25, 0.3) is 0 Å².